The Morgan fingerprint density at radius 2 is 1.89 bits per heavy atom. The molecule has 2 aliphatic rings. The summed E-state index contributed by atoms with van der Waals surface area (Å²) < 4.78 is 0. The fourth-order valence-electron chi connectivity index (χ4n) is 2.97. The molecule has 1 saturated carbocycles. The molecule has 1 aliphatic carbocycles. The van der Waals surface area contributed by atoms with Gasteiger partial charge in [0, 0.05) is 25.2 Å². The van der Waals surface area contributed by atoms with Crippen LogP contribution >= 0.6 is 0 Å². The summed E-state index contributed by atoms with van der Waals surface area (Å²) >= 11 is 0. The van der Waals surface area contributed by atoms with Crippen molar-refractivity contribution in [3.8, 4) is 0 Å². The molecular formula is C16H23NO. The number of aryl methyl sites for hydroxylation is 1. The Labute approximate surface area is 110 Å². The number of aliphatic hydroxyl groups is 1. The fraction of sp³-hybridized carbons (Fsp3) is 0.625. The molecule has 0 radical (unpaired) electrons. The average molecular weight is 245 g/mol. The summed E-state index contributed by atoms with van der Waals surface area (Å²) in [6.45, 7) is 4.49. The zero-order chi connectivity index (χ0) is 12.6. The normalized spacial score (nSPS) is 22.0. The van der Waals surface area contributed by atoms with E-state index in [0.717, 1.165) is 19.3 Å². The van der Waals surface area contributed by atoms with Crippen LogP contribution in [-0.2, 0) is 6.42 Å². The van der Waals surface area contributed by atoms with Crippen molar-refractivity contribution in [2.24, 2.45) is 0 Å². The molecule has 98 valence electrons. The summed E-state index contributed by atoms with van der Waals surface area (Å²) in [4.78, 5) is 2.50. The molecule has 1 aromatic rings. The van der Waals surface area contributed by atoms with Crippen LogP contribution in [0.1, 0.15) is 43.2 Å². The molecule has 0 amide bonds. The van der Waals surface area contributed by atoms with Crippen LogP contribution in [0.5, 0.6) is 0 Å². The van der Waals surface area contributed by atoms with E-state index >= 15 is 0 Å². The van der Waals surface area contributed by atoms with Gasteiger partial charge >= 0.3 is 0 Å². The van der Waals surface area contributed by atoms with Crippen LogP contribution in [-0.4, -0.2) is 23.8 Å². The van der Waals surface area contributed by atoms with E-state index in [0.29, 0.717) is 0 Å². The molecule has 1 N–H and O–H groups in total. The van der Waals surface area contributed by atoms with Gasteiger partial charge in [-0.25, -0.2) is 0 Å². The molecule has 1 saturated heterocycles. The van der Waals surface area contributed by atoms with Gasteiger partial charge in [0.2, 0.25) is 0 Å². The predicted molar refractivity (Wildman–Crippen MR) is 75.1 cm³/mol. The molecule has 0 atom stereocenters. The average Bonchev–Trinajstić information content (AvgIpc) is 3.08. The molecule has 2 nitrogen and oxygen atoms in total. The molecule has 0 aromatic heterocycles. The Bertz CT molecular complexity index is 431. The van der Waals surface area contributed by atoms with Crippen LogP contribution in [0.15, 0.2) is 18.2 Å². The second-order valence-corrected chi connectivity index (χ2v) is 6.08. The van der Waals surface area contributed by atoms with E-state index in [9.17, 15) is 5.11 Å². The zero-order valence-electron chi connectivity index (χ0n) is 11.3. The lowest BCUT2D eigenvalue weighted by Gasteiger charge is -2.31. The number of nitrogens with zero attached hydrogens (tertiary/aromatic N) is 1. The first-order valence-corrected chi connectivity index (χ1v) is 7.23. The topological polar surface area (TPSA) is 23.5 Å². The largest absolute Gasteiger partial charge is 0.390 e. The molecule has 18 heavy (non-hydrogen) atoms. The summed E-state index contributed by atoms with van der Waals surface area (Å²) in [6, 6.07) is 6.71. The summed E-state index contributed by atoms with van der Waals surface area (Å²) in [7, 11) is 0. The van der Waals surface area contributed by atoms with Gasteiger partial charge in [-0.1, -0.05) is 17.7 Å². The summed E-state index contributed by atoms with van der Waals surface area (Å²) in [5, 5.41) is 10.2. The predicted octanol–water partition coefficient (Wildman–Crippen LogP) is 3.05. The SMILES string of the molecule is Cc1ccc(N2CCCCC2)c(CC2(O)CC2)c1. The van der Waals surface area contributed by atoms with Crippen molar-refractivity contribution in [3.63, 3.8) is 0 Å². The first kappa shape index (κ1) is 12.0. The van der Waals surface area contributed by atoms with E-state index in [1.54, 1.807) is 0 Å². The first-order chi connectivity index (χ1) is 8.66. The molecule has 3 rings (SSSR count). The summed E-state index contributed by atoms with van der Waals surface area (Å²) in [5.41, 5.74) is 3.62. The van der Waals surface area contributed by atoms with Crippen molar-refractivity contribution in [2.45, 2.75) is 51.0 Å². The van der Waals surface area contributed by atoms with E-state index in [1.165, 1.54) is 49.2 Å². The zero-order valence-corrected chi connectivity index (χ0v) is 11.3. The van der Waals surface area contributed by atoms with Gasteiger partial charge in [-0.2, -0.15) is 0 Å². The maximum Gasteiger partial charge on any atom is 0.0690 e. The highest BCUT2D eigenvalue weighted by molar-refractivity contribution is 5.56. The Morgan fingerprint density at radius 1 is 1.17 bits per heavy atom. The van der Waals surface area contributed by atoms with E-state index < -0.39 is 5.60 Å². The van der Waals surface area contributed by atoms with Crippen LogP contribution in [0.2, 0.25) is 0 Å². The molecule has 2 fully saturated rings. The molecule has 0 unspecified atom stereocenters. The number of benzene rings is 1. The number of hydrogen-bond acceptors (Lipinski definition) is 2. The minimum absolute atomic E-state index is 0.391. The molecule has 0 bridgehead atoms. The molecule has 0 spiro atoms. The van der Waals surface area contributed by atoms with Crippen molar-refractivity contribution in [1.29, 1.82) is 0 Å². The molecule has 1 heterocycles. The highest BCUT2D eigenvalue weighted by Crippen LogP contribution is 2.40. The van der Waals surface area contributed by atoms with Crippen molar-refractivity contribution < 1.29 is 5.11 Å². The molecule has 1 aromatic carbocycles. The third kappa shape index (κ3) is 2.54. The Kier molecular flexibility index (Phi) is 3.06. The number of rotatable bonds is 3. The molecule has 2 heteroatoms. The van der Waals surface area contributed by atoms with Gasteiger partial charge in [0.1, 0.15) is 0 Å². The third-order valence-electron chi connectivity index (χ3n) is 4.28. The second-order valence-electron chi connectivity index (χ2n) is 6.08. The van der Waals surface area contributed by atoms with Crippen molar-refractivity contribution in [1.82, 2.24) is 0 Å². The van der Waals surface area contributed by atoms with Gasteiger partial charge < -0.3 is 10.0 Å². The van der Waals surface area contributed by atoms with Gasteiger partial charge in [0.15, 0.2) is 0 Å². The van der Waals surface area contributed by atoms with Crippen LogP contribution < -0.4 is 4.90 Å². The van der Waals surface area contributed by atoms with Gasteiger partial charge in [0.25, 0.3) is 0 Å². The highest BCUT2D eigenvalue weighted by atomic mass is 16.3. The highest BCUT2D eigenvalue weighted by Gasteiger charge is 2.40. The van der Waals surface area contributed by atoms with Crippen LogP contribution in [0.25, 0.3) is 0 Å². The lowest BCUT2D eigenvalue weighted by atomic mass is 9.99. The Hall–Kier alpha value is -1.02. The van der Waals surface area contributed by atoms with Gasteiger partial charge in [-0.15, -0.1) is 0 Å². The van der Waals surface area contributed by atoms with E-state index in [4.69, 9.17) is 0 Å². The lowest BCUT2D eigenvalue weighted by Crippen LogP contribution is -2.30. The maximum atomic E-state index is 10.2. The fourth-order valence-corrected chi connectivity index (χ4v) is 2.97. The lowest BCUT2D eigenvalue weighted by molar-refractivity contribution is 0.151. The van der Waals surface area contributed by atoms with Crippen LogP contribution in [0.3, 0.4) is 0 Å². The molecular weight excluding hydrogens is 222 g/mol. The quantitative estimate of drug-likeness (QED) is 0.884. The number of anilines is 1. The molecule has 1 aliphatic heterocycles. The second kappa shape index (κ2) is 4.58. The van der Waals surface area contributed by atoms with Gasteiger partial charge in [-0.3, -0.25) is 0 Å². The van der Waals surface area contributed by atoms with E-state index in [-0.39, 0.29) is 0 Å². The smallest absolute Gasteiger partial charge is 0.0690 e. The standard InChI is InChI=1S/C16H23NO/c1-13-5-6-15(17-9-3-2-4-10-17)14(11-13)12-16(18)7-8-16/h5-6,11,18H,2-4,7-10,12H2,1H3. The van der Waals surface area contributed by atoms with Crippen LogP contribution in [0, 0.1) is 6.92 Å². The van der Waals surface area contributed by atoms with Crippen molar-refractivity contribution in [3.05, 3.63) is 29.3 Å². The van der Waals surface area contributed by atoms with Crippen LogP contribution in [0.4, 0.5) is 5.69 Å². The van der Waals surface area contributed by atoms with Crippen molar-refractivity contribution >= 4 is 5.69 Å². The monoisotopic (exact) mass is 245 g/mol. The third-order valence-corrected chi connectivity index (χ3v) is 4.28. The Balaban J connectivity index is 1.86. The number of piperidine rings is 1. The van der Waals surface area contributed by atoms with E-state index in [1.807, 2.05) is 0 Å². The van der Waals surface area contributed by atoms with E-state index in [2.05, 4.69) is 30.0 Å². The maximum absolute atomic E-state index is 10.2. The number of hydrogen-bond donors (Lipinski definition) is 1. The summed E-state index contributed by atoms with van der Waals surface area (Å²) in [6.07, 6.45) is 6.75. The van der Waals surface area contributed by atoms with Gasteiger partial charge in [-0.05, 0) is 50.7 Å². The Morgan fingerprint density at radius 3 is 2.56 bits per heavy atom. The summed E-state index contributed by atoms with van der Waals surface area (Å²) in [5.74, 6) is 0. The van der Waals surface area contributed by atoms with Crippen molar-refractivity contribution in [2.75, 3.05) is 18.0 Å². The van der Waals surface area contributed by atoms with Gasteiger partial charge in [0.05, 0.1) is 5.60 Å². The minimum Gasteiger partial charge on any atom is -0.390 e. The first-order valence-electron chi connectivity index (χ1n) is 7.23. The minimum atomic E-state index is -0.391.